The zero-order valence-corrected chi connectivity index (χ0v) is 12.4. The van der Waals surface area contributed by atoms with Gasteiger partial charge in [-0.3, -0.25) is 0 Å². The molecule has 0 atom stereocenters. The summed E-state index contributed by atoms with van der Waals surface area (Å²) in [5.74, 6) is 0.240. The number of halogens is 3. The Labute approximate surface area is 127 Å². The molecule has 0 amide bonds. The van der Waals surface area contributed by atoms with Crippen LogP contribution in [0.1, 0.15) is 12.5 Å². The highest BCUT2D eigenvalue weighted by atomic mass is 35.5. The van der Waals surface area contributed by atoms with Crippen LogP contribution >= 0.6 is 23.2 Å². The molecule has 0 heterocycles. The third-order valence-corrected chi connectivity index (χ3v) is 3.30. The number of ether oxygens (including phenoxy) is 1. The Balaban J connectivity index is 2.03. The van der Waals surface area contributed by atoms with Gasteiger partial charge in [0.25, 0.3) is 0 Å². The first kappa shape index (κ1) is 14.9. The van der Waals surface area contributed by atoms with Crippen molar-refractivity contribution >= 4 is 28.9 Å². The van der Waals surface area contributed by atoms with Gasteiger partial charge < -0.3 is 10.1 Å². The smallest absolute Gasteiger partial charge is 0.141 e. The Hall–Kier alpha value is -1.45. The van der Waals surface area contributed by atoms with E-state index in [1.54, 1.807) is 12.1 Å². The molecule has 0 radical (unpaired) electrons. The van der Waals surface area contributed by atoms with Crippen LogP contribution in [0.15, 0.2) is 36.4 Å². The van der Waals surface area contributed by atoms with E-state index >= 15 is 0 Å². The van der Waals surface area contributed by atoms with Gasteiger partial charge in [0.15, 0.2) is 0 Å². The molecule has 5 heteroatoms. The van der Waals surface area contributed by atoms with Crippen LogP contribution in [0.4, 0.5) is 10.1 Å². The molecule has 0 aliphatic heterocycles. The fourth-order valence-electron chi connectivity index (χ4n) is 1.74. The molecule has 0 aromatic heterocycles. The summed E-state index contributed by atoms with van der Waals surface area (Å²) >= 11 is 11.8. The second-order valence-electron chi connectivity index (χ2n) is 4.18. The van der Waals surface area contributed by atoms with E-state index in [0.717, 1.165) is 11.3 Å². The Bertz CT molecular complexity index is 604. The fraction of sp³-hybridized carbons (Fsp3) is 0.200. The predicted octanol–water partition coefficient (Wildman–Crippen LogP) is 5.14. The summed E-state index contributed by atoms with van der Waals surface area (Å²) in [7, 11) is 0. The second kappa shape index (κ2) is 6.82. The minimum absolute atomic E-state index is 0.0970. The number of hydrogen-bond acceptors (Lipinski definition) is 2. The van der Waals surface area contributed by atoms with E-state index < -0.39 is 5.82 Å². The predicted molar refractivity (Wildman–Crippen MR) is 81.4 cm³/mol. The number of anilines is 1. The van der Waals surface area contributed by atoms with Crippen LogP contribution in [0, 0.1) is 5.82 Å². The van der Waals surface area contributed by atoms with Crippen molar-refractivity contribution in [3.8, 4) is 5.75 Å². The minimum atomic E-state index is -0.429. The fourth-order valence-corrected chi connectivity index (χ4v) is 2.18. The van der Waals surface area contributed by atoms with Crippen LogP contribution in [0.25, 0.3) is 0 Å². The zero-order chi connectivity index (χ0) is 14.5. The van der Waals surface area contributed by atoms with E-state index in [1.165, 1.54) is 6.07 Å². The highest BCUT2D eigenvalue weighted by Gasteiger charge is 2.04. The first-order chi connectivity index (χ1) is 9.60. The van der Waals surface area contributed by atoms with Gasteiger partial charge in [-0.2, -0.15) is 0 Å². The van der Waals surface area contributed by atoms with Crippen LogP contribution in [-0.2, 0) is 6.54 Å². The standard InChI is InChI=1S/C15H14Cl2FNO/c1-2-20-15-6-3-10(7-13(15)17)9-19-11-4-5-14(18)12(16)8-11/h3-8,19H,2,9H2,1H3. The first-order valence-corrected chi connectivity index (χ1v) is 6.96. The molecule has 0 saturated heterocycles. The average Bonchev–Trinajstić information content (AvgIpc) is 2.43. The van der Waals surface area contributed by atoms with Crippen molar-refractivity contribution in [3.05, 3.63) is 57.8 Å². The topological polar surface area (TPSA) is 21.3 Å². The second-order valence-corrected chi connectivity index (χ2v) is 4.99. The maximum atomic E-state index is 13.0. The van der Waals surface area contributed by atoms with Gasteiger partial charge in [-0.25, -0.2) is 4.39 Å². The highest BCUT2D eigenvalue weighted by Crippen LogP contribution is 2.26. The number of benzene rings is 2. The third-order valence-electron chi connectivity index (χ3n) is 2.71. The lowest BCUT2D eigenvalue weighted by Gasteiger charge is -2.10. The summed E-state index contributed by atoms with van der Waals surface area (Å²) in [5, 5.41) is 3.83. The molecule has 0 saturated carbocycles. The van der Waals surface area contributed by atoms with Gasteiger partial charge in [-0.15, -0.1) is 0 Å². The SMILES string of the molecule is CCOc1ccc(CNc2ccc(F)c(Cl)c2)cc1Cl. The van der Waals surface area contributed by atoms with Crippen molar-refractivity contribution in [1.29, 1.82) is 0 Å². The minimum Gasteiger partial charge on any atom is -0.492 e. The monoisotopic (exact) mass is 313 g/mol. The Kier molecular flexibility index (Phi) is 5.10. The van der Waals surface area contributed by atoms with Gasteiger partial charge >= 0.3 is 0 Å². The molecule has 106 valence electrons. The largest absolute Gasteiger partial charge is 0.492 e. The van der Waals surface area contributed by atoms with Crippen molar-refractivity contribution in [1.82, 2.24) is 0 Å². The Morgan fingerprint density at radius 3 is 2.55 bits per heavy atom. The van der Waals surface area contributed by atoms with Crippen molar-refractivity contribution in [2.24, 2.45) is 0 Å². The van der Waals surface area contributed by atoms with Gasteiger partial charge in [0.05, 0.1) is 16.7 Å². The molecule has 0 bridgehead atoms. The molecule has 2 aromatic rings. The molecule has 20 heavy (non-hydrogen) atoms. The Morgan fingerprint density at radius 1 is 1.10 bits per heavy atom. The summed E-state index contributed by atoms with van der Waals surface area (Å²) in [4.78, 5) is 0. The lowest BCUT2D eigenvalue weighted by Crippen LogP contribution is -2.00. The summed E-state index contributed by atoms with van der Waals surface area (Å²) in [6.07, 6.45) is 0. The maximum Gasteiger partial charge on any atom is 0.141 e. The van der Waals surface area contributed by atoms with E-state index in [2.05, 4.69) is 5.32 Å². The molecule has 0 spiro atoms. The summed E-state index contributed by atoms with van der Waals surface area (Å²) in [5.41, 5.74) is 1.75. The molecule has 0 aliphatic rings. The van der Waals surface area contributed by atoms with Gasteiger partial charge in [-0.1, -0.05) is 29.3 Å². The molecule has 0 aliphatic carbocycles. The van der Waals surface area contributed by atoms with Crippen LogP contribution in [-0.4, -0.2) is 6.61 Å². The normalized spacial score (nSPS) is 10.4. The molecule has 0 fully saturated rings. The van der Waals surface area contributed by atoms with Crippen molar-refractivity contribution in [3.63, 3.8) is 0 Å². The Morgan fingerprint density at radius 2 is 1.90 bits per heavy atom. The summed E-state index contributed by atoms with van der Waals surface area (Å²) in [6, 6.07) is 10.1. The zero-order valence-electron chi connectivity index (χ0n) is 10.9. The molecule has 1 N–H and O–H groups in total. The number of nitrogens with one attached hydrogen (secondary N) is 1. The lowest BCUT2D eigenvalue weighted by atomic mass is 10.2. The van der Waals surface area contributed by atoms with Crippen LogP contribution in [0.3, 0.4) is 0 Å². The molecular formula is C15H14Cl2FNO. The van der Waals surface area contributed by atoms with Gasteiger partial charge in [0.2, 0.25) is 0 Å². The molecular weight excluding hydrogens is 300 g/mol. The summed E-state index contributed by atoms with van der Waals surface area (Å²) < 4.78 is 18.4. The van der Waals surface area contributed by atoms with E-state index in [4.69, 9.17) is 27.9 Å². The van der Waals surface area contributed by atoms with Crippen LogP contribution in [0.2, 0.25) is 10.0 Å². The quantitative estimate of drug-likeness (QED) is 0.824. The highest BCUT2D eigenvalue weighted by molar-refractivity contribution is 6.32. The van der Waals surface area contributed by atoms with Gasteiger partial charge in [0, 0.05) is 12.2 Å². The summed E-state index contributed by atoms with van der Waals surface area (Å²) in [6.45, 7) is 3.05. The molecule has 2 aromatic carbocycles. The number of hydrogen-bond donors (Lipinski definition) is 1. The molecule has 0 unspecified atom stereocenters. The molecule has 2 nitrogen and oxygen atoms in total. The van der Waals surface area contributed by atoms with E-state index in [9.17, 15) is 4.39 Å². The van der Waals surface area contributed by atoms with Crippen molar-refractivity contribution in [2.45, 2.75) is 13.5 Å². The van der Waals surface area contributed by atoms with Crippen molar-refractivity contribution in [2.75, 3.05) is 11.9 Å². The van der Waals surface area contributed by atoms with Crippen LogP contribution in [0.5, 0.6) is 5.75 Å². The van der Waals surface area contributed by atoms with Gasteiger partial charge in [-0.05, 0) is 42.8 Å². The van der Waals surface area contributed by atoms with E-state index in [1.807, 2.05) is 25.1 Å². The van der Waals surface area contributed by atoms with Crippen LogP contribution < -0.4 is 10.1 Å². The number of rotatable bonds is 5. The van der Waals surface area contributed by atoms with Gasteiger partial charge in [0.1, 0.15) is 11.6 Å². The first-order valence-electron chi connectivity index (χ1n) is 6.20. The lowest BCUT2D eigenvalue weighted by molar-refractivity contribution is 0.340. The molecule has 2 rings (SSSR count). The maximum absolute atomic E-state index is 13.0. The average molecular weight is 314 g/mol. The third kappa shape index (κ3) is 3.78. The van der Waals surface area contributed by atoms with E-state index in [-0.39, 0.29) is 5.02 Å². The van der Waals surface area contributed by atoms with Crippen molar-refractivity contribution < 1.29 is 9.13 Å². The van der Waals surface area contributed by atoms with E-state index in [0.29, 0.717) is 23.9 Å².